The van der Waals surface area contributed by atoms with Gasteiger partial charge in [-0.05, 0) is 25.7 Å². The molecule has 3 nitrogen and oxygen atoms in total. The molecule has 0 saturated heterocycles. The lowest BCUT2D eigenvalue weighted by molar-refractivity contribution is -0.124. The number of nitrogens with one attached hydrogen (secondary N) is 1. The SMILES string of the molecule is NC1(C(=O)NC2CCCCCC2)CC1. The standard InChI is InChI=1S/C11H20N2O/c12-11(7-8-11)10(14)13-9-5-3-1-2-4-6-9/h9H,1-8,12H2,(H,13,14). The van der Waals surface area contributed by atoms with Gasteiger partial charge in [0.05, 0.1) is 5.54 Å². The van der Waals surface area contributed by atoms with Crippen LogP contribution in [0.1, 0.15) is 51.4 Å². The molecule has 0 aromatic rings. The van der Waals surface area contributed by atoms with Gasteiger partial charge in [-0.1, -0.05) is 25.7 Å². The number of amides is 1. The fourth-order valence-corrected chi connectivity index (χ4v) is 2.11. The molecule has 2 aliphatic rings. The first kappa shape index (κ1) is 9.97. The van der Waals surface area contributed by atoms with E-state index in [0.29, 0.717) is 6.04 Å². The number of carbonyl (C=O) groups is 1. The lowest BCUT2D eigenvalue weighted by atomic mass is 10.1. The van der Waals surface area contributed by atoms with Gasteiger partial charge in [-0.25, -0.2) is 0 Å². The minimum absolute atomic E-state index is 0.0874. The summed E-state index contributed by atoms with van der Waals surface area (Å²) in [6.45, 7) is 0. The van der Waals surface area contributed by atoms with Crippen molar-refractivity contribution in [3.05, 3.63) is 0 Å². The molecule has 0 spiro atoms. The molecule has 14 heavy (non-hydrogen) atoms. The maximum atomic E-state index is 11.7. The Morgan fingerprint density at radius 3 is 2.21 bits per heavy atom. The summed E-state index contributed by atoms with van der Waals surface area (Å²) in [6, 6.07) is 0.394. The summed E-state index contributed by atoms with van der Waals surface area (Å²) in [5.74, 6) is 0.0874. The molecule has 3 N–H and O–H groups in total. The van der Waals surface area contributed by atoms with E-state index in [4.69, 9.17) is 5.73 Å². The molecule has 3 heteroatoms. The second kappa shape index (κ2) is 3.89. The number of nitrogens with two attached hydrogens (primary N) is 1. The van der Waals surface area contributed by atoms with Gasteiger partial charge in [0.2, 0.25) is 5.91 Å². The number of hydrogen-bond acceptors (Lipinski definition) is 2. The first-order chi connectivity index (χ1) is 6.71. The van der Waals surface area contributed by atoms with Gasteiger partial charge >= 0.3 is 0 Å². The number of carbonyl (C=O) groups excluding carboxylic acids is 1. The molecule has 0 atom stereocenters. The van der Waals surface area contributed by atoms with Gasteiger partial charge in [0.25, 0.3) is 0 Å². The largest absolute Gasteiger partial charge is 0.352 e. The molecule has 0 bridgehead atoms. The van der Waals surface area contributed by atoms with E-state index in [0.717, 1.165) is 25.7 Å². The van der Waals surface area contributed by atoms with E-state index in [9.17, 15) is 4.79 Å². The van der Waals surface area contributed by atoms with Crippen LogP contribution in [0.4, 0.5) is 0 Å². The molecular weight excluding hydrogens is 176 g/mol. The molecule has 2 rings (SSSR count). The normalized spacial score (nSPS) is 26.6. The van der Waals surface area contributed by atoms with Crippen molar-refractivity contribution in [3.8, 4) is 0 Å². The number of hydrogen-bond donors (Lipinski definition) is 2. The van der Waals surface area contributed by atoms with Gasteiger partial charge in [-0.15, -0.1) is 0 Å². The van der Waals surface area contributed by atoms with E-state index in [1.807, 2.05) is 0 Å². The summed E-state index contributed by atoms with van der Waals surface area (Å²) >= 11 is 0. The molecule has 0 radical (unpaired) electrons. The zero-order valence-electron chi connectivity index (χ0n) is 8.72. The molecule has 1 amide bonds. The molecule has 2 saturated carbocycles. The molecular formula is C11H20N2O. The van der Waals surface area contributed by atoms with Crippen molar-refractivity contribution >= 4 is 5.91 Å². The van der Waals surface area contributed by atoms with Crippen LogP contribution in [0.3, 0.4) is 0 Å². The van der Waals surface area contributed by atoms with Gasteiger partial charge < -0.3 is 11.1 Å². The van der Waals surface area contributed by atoms with Crippen LogP contribution in [-0.2, 0) is 4.79 Å². The minimum Gasteiger partial charge on any atom is -0.352 e. The Morgan fingerprint density at radius 1 is 1.14 bits per heavy atom. The predicted molar refractivity (Wildman–Crippen MR) is 55.8 cm³/mol. The van der Waals surface area contributed by atoms with Crippen LogP contribution in [0.25, 0.3) is 0 Å². The van der Waals surface area contributed by atoms with Crippen molar-refractivity contribution < 1.29 is 4.79 Å². The average molecular weight is 196 g/mol. The molecule has 2 fully saturated rings. The molecule has 2 aliphatic carbocycles. The van der Waals surface area contributed by atoms with Crippen LogP contribution in [0.15, 0.2) is 0 Å². The lowest BCUT2D eigenvalue weighted by Gasteiger charge is -2.18. The minimum atomic E-state index is -0.494. The zero-order chi connectivity index (χ0) is 10.0. The summed E-state index contributed by atoms with van der Waals surface area (Å²) < 4.78 is 0. The van der Waals surface area contributed by atoms with Crippen LogP contribution >= 0.6 is 0 Å². The topological polar surface area (TPSA) is 55.1 Å². The molecule has 80 valence electrons. The van der Waals surface area contributed by atoms with Gasteiger partial charge in [0.15, 0.2) is 0 Å². The van der Waals surface area contributed by atoms with Crippen molar-refractivity contribution in [3.63, 3.8) is 0 Å². The Kier molecular flexibility index (Phi) is 2.77. The number of rotatable bonds is 2. The Morgan fingerprint density at radius 2 is 1.71 bits per heavy atom. The van der Waals surface area contributed by atoms with E-state index in [1.165, 1.54) is 25.7 Å². The van der Waals surface area contributed by atoms with Crippen LogP contribution in [-0.4, -0.2) is 17.5 Å². The first-order valence-electron chi connectivity index (χ1n) is 5.81. The van der Waals surface area contributed by atoms with Crippen molar-refractivity contribution in [2.24, 2.45) is 5.73 Å². The lowest BCUT2D eigenvalue weighted by Crippen LogP contribution is -2.47. The third-order valence-electron chi connectivity index (χ3n) is 3.43. The molecule has 0 aromatic carbocycles. The zero-order valence-corrected chi connectivity index (χ0v) is 8.72. The van der Waals surface area contributed by atoms with Gasteiger partial charge in [0.1, 0.15) is 0 Å². The van der Waals surface area contributed by atoms with Crippen molar-refractivity contribution in [2.75, 3.05) is 0 Å². The Bertz CT molecular complexity index is 215. The monoisotopic (exact) mass is 196 g/mol. The third kappa shape index (κ3) is 2.27. The highest BCUT2D eigenvalue weighted by molar-refractivity contribution is 5.89. The summed E-state index contributed by atoms with van der Waals surface area (Å²) in [5.41, 5.74) is 5.34. The van der Waals surface area contributed by atoms with Crippen molar-refractivity contribution in [2.45, 2.75) is 62.9 Å². The fraction of sp³-hybridized carbons (Fsp3) is 0.909. The third-order valence-corrected chi connectivity index (χ3v) is 3.43. The molecule has 0 aliphatic heterocycles. The van der Waals surface area contributed by atoms with Crippen LogP contribution < -0.4 is 11.1 Å². The summed E-state index contributed by atoms with van der Waals surface area (Å²) in [4.78, 5) is 11.7. The van der Waals surface area contributed by atoms with Crippen LogP contribution in [0.5, 0.6) is 0 Å². The van der Waals surface area contributed by atoms with Crippen molar-refractivity contribution in [1.29, 1.82) is 0 Å². The highest BCUT2D eigenvalue weighted by Crippen LogP contribution is 2.32. The highest BCUT2D eigenvalue weighted by atomic mass is 16.2. The van der Waals surface area contributed by atoms with E-state index < -0.39 is 5.54 Å². The van der Waals surface area contributed by atoms with Gasteiger partial charge in [0, 0.05) is 6.04 Å². The quantitative estimate of drug-likeness (QED) is 0.654. The molecule has 0 unspecified atom stereocenters. The second-order valence-corrected chi connectivity index (χ2v) is 4.82. The summed E-state index contributed by atoms with van der Waals surface area (Å²) in [5, 5.41) is 3.10. The molecule has 0 heterocycles. The Balaban J connectivity index is 1.80. The summed E-state index contributed by atoms with van der Waals surface area (Å²) in [6.07, 6.45) is 9.16. The maximum Gasteiger partial charge on any atom is 0.240 e. The van der Waals surface area contributed by atoms with E-state index in [-0.39, 0.29) is 5.91 Å². The Hall–Kier alpha value is -0.570. The summed E-state index contributed by atoms with van der Waals surface area (Å²) in [7, 11) is 0. The smallest absolute Gasteiger partial charge is 0.240 e. The predicted octanol–water partition coefficient (Wildman–Crippen LogP) is 1.32. The maximum absolute atomic E-state index is 11.7. The second-order valence-electron chi connectivity index (χ2n) is 4.82. The molecule has 0 aromatic heterocycles. The van der Waals surface area contributed by atoms with Gasteiger partial charge in [-0.2, -0.15) is 0 Å². The van der Waals surface area contributed by atoms with Crippen molar-refractivity contribution in [1.82, 2.24) is 5.32 Å². The van der Waals surface area contributed by atoms with E-state index in [2.05, 4.69) is 5.32 Å². The van der Waals surface area contributed by atoms with E-state index >= 15 is 0 Å². The first-order valence-corrected chi connectivity index (χ1v) is 5.81. The van der Waals surface area contributed by atoms with Crippen LogP contribution in [0.2, 0.25) is 0 Å². The highest BCUT2D eigenvalue weighted by Gasteiger charge is 2.46. The Labute approximate surface area is 85.4 Å². The fourth-order valence-electron chi connectivity index (χ4n) is 2.11. The average Bonchev–Trinajstić information content (AvgIpc) is 2.92. The van der Waals surface area contributed by atoms with Crippen LogP contribution in [0, 0.1) is 0 Å². The van der Waals surface area contributed by atoms with E-state index in [1.54, 1.807) is 0 Å². The van der Waals surface area contributed by atoms with Gasteiger partial charge in [-0.3, -0.25) is 4.79 Å².